The second-order valence-electron chi connectivity index (χ2n) is 4.09. The topological polar surface area (TPSA) is 42.8 Å². The molecule has 2 heterocycles. The monoisotopic (exact) mass is 353 g/mol. The van der Waals surface area contributed by atoms with Crippen LogP contribution in [0.25, 0.3) is 16.9 Å². The van der Waals surface area contributed by atoms with Crippen molar-refractivity contribution in [2.24, 2.45) is 0 Å². The molecule has 3 aromatic rings. The average Bonchev–Trinajstić information content (AvgIpc) is 2.74. The van der Waals surface area contributed by atoms with E-state index in [0.29, 0.717) is 26.5 Å². The quantitative estimate of drug-likeness (QED) is 0.708. The number of ether oxygens (including phenoxy) is 1. The van der Waals surface area contributed by atoms with E-state index < -0.39 is 0 Å². The van der Waals surface area contributed by atoms with Crippen LogP contribution in [0.2, 0.25) is 0 Å². The summed E-state index contributed by atoms with van der Waals surface area (Å²) < 4.78 is 21.8. The summed E-state index contributed by atoms with van der Waals surface area (Å²) in [7, 11) is 1.53. The van der Waals surface area contributed by atoms with E-state index in [1.165, 1.54) is 13.2 Å². The van der Waals surface area contributed by atoms with Crippen LogP contribution >= 0.6 is 28.1 Å². The normalized spacial score (nSPS) is 10.9. The third-order valence-electron chi connectivity index (χ3n) is 2.87. The van der Waals surface area contributed by atoms with Crippen molar-refractivity contribution in [1.29, 1.82) is 0 Å². The Morgan fingerprint density at radius 3 is 2.85 bits per heavy atom. The highest BCUT2D eigenvalue weighted by Gasteiger charge is 2.13. The molecule has 0 radical (unpaired) electrons. The Labute approximate surface area is 127 Å². The molecule has 0 spiro atoms. The number of nitrogens with one attached hydrogen (secondary N) is 1. The zero-order valence-electron chi connectivity index (χ0n) is 10.4. The third-order valence-corrected chi connectivity index (χ3v) is 3.64. The highest BCUT2D eigenvalue weighted by molar-refractivity contribution is 9.10. The molecule has 0 fully saturated rings. The molecule has 7 heteroatoms. The molecule has 0 aliphatic rings. The first-order valence-electron chi connectivity index (χ1n) is 5.71. The van der Waals surface area contributed by atoms with E-state index in [0.717, 1.165) is 5.52 Å². The number of imidazole rings is 1. The number of aromatic nitrogens is 3. The lowest BCUT2D eigenvalue weighted by atomic mass is 10.3. The average molecular weight is 354 g/mol. The first kappa shape index (κ1) is 13.3. The first-order valence-corrected chi connectivity index (χ1v) is 6.91. The fraction of sp³-hybridized carbons (Fsp3) is 0.0769. The SMILES string of the molecule is COc1ccc2[nH]c(=S)n(-c3ccc(Br)cc3F)c2n1. The van der Waals surface area contributed by atoms with Gasteiger partial charge in [-0.05, 0) is 36.5 Å². The van der Waals surface area contributed by atoms with E-state index in [2.05, 4.69) is 25.9 Å². The van der Waals surface area contributed by atoms with Crippen LogP contribution in [0.4, 0.5) is 4.39 Å². The molecule has 0 amide bonds. The van der Waals surface area contributed by atoms with Gasteiger partial charge in [0.2, 0.25) is 5.88 Å². The van der Waals surface area contributed by atoms with Gasteiger partial charge in [-0.1, -0.05) is 15.9 Å². The summed E-state index contributed by atoms with van der Waals surface area (Å²) in [6, 6.07) is 8.29. The number of H-pyrrole nitrogens is 1. The van der Waals surface area contributed by atoms with E-state index in [1.54, 1.807) is 28.8 Å². The number of aromatic amines is 1. The number of methoxy groups -OCH3 is 1. The number of fused-ring (bicyclic) bond motifs is 1. The van der Waals surface area contributed by atoms with Gasteiger partial charge in [0.1, 0.15) is 5.82 Å². The molecule has 0 unspecified atom stereocenters. The van der Waals surface area contributed by atoms with Gasteiger partial charge in [-0.2, -0.15) is 4.98 Å². The van der Waals surface area contributed by atoms with Crippen LogP contribution in [0.15, 0.2) is 34.8 Å². The van der Waals surface area contributed by atoms with Crippen LogP contribution in [0.1, 0.15) is 0 Å². The van der Waals surface area contributed by atoms with Gasteiger partial charge in [0.25, 0.3) is 0 Å². The van der Waals surface area contributed by atoms with Gasteiger partial charge in [0.15, 0.2) is 10.4 Å². The highest BCUT2D eigenvalue weighted by Crippen LogP contribution is 2.24. The second-order valence-corrected chi connectivity index (χ2v) is 5.39. The Kier molecular flexibility index (Phi) is 3.31. The van der Waals surface area contributed by atoms with Crippen molar-refractivity contribution in [2.75, 3.05) is 7.11 Å². The van der Waals surface area contributed by atoms with Crippen molar-refractivity contribution in [2.45, 2.75) is 0 Å². The van der Waals surface area contributed by atoms with Crippen LogP contribution in [-0.2, 0) is 0 Å². The second kappa shape index (κ2) is 4.99. The number of nitrogens with zero attached hydrogens (tertiary/aromatic N) is 2. The Morgan fingerprint density at radius 1 is 1.35 bits per heavy atom. The molecule has 102 valence electrons. The number of hydrogen-bond donors (Lipinski definition) is 1. The lowest BCUT2D eigenvalue weighted by Gasteiger charge is -2.06. The first-order chi connectivity index (χ1) is 9.60. The molecule has 1 N–H and O–H groups in total. The molecule has 4 nitrogen and oxygen atoms in total. The molecule has 1 aromatic carbocycles. The van der Waals surface area contributed by atoms with E-state index in [-0.39, 0.29) is 5.82 Å². The van der Waals surface area contributed by atoms with Crippen molar-refractivity contribution < 1.29 is 9.13 Å². The van der Waals surface area contributed by atoms with Gasteiger partial charge >= 0.3 is 0 Å². The summed E-state index contributed by atoms with van der Waals surface area (Å²) in [5.41, 5.74) is 1.58. The summed E-state index contributed by atoms with van der Waals surface area (Å²) in [6.45, 7) is 0. The van der Waals surface area contributed by atoms with Gasteiger partial charge < -0.3 is 9.72 Å². The van der Waals surface area contributed by atoms with Crippen molar-refractivity contribution in [3.63, 3.8) is 0 Å². The molecule has 3 rings (SSSR count). The molecule has 0 bridgehead atoms. The van der Waals surface area contributed by atoms with Crippen LogP contribution in [0.5, 0.6) is 5.88 Å². The Balaban J connectivity index is 2.34. The number of hydrogen-bond acceptors (Lipinski definition) is 3. The summed E-state index contributed by atoms with van der Waals surface area (Å²) in [5, 5.41) is 0. The minimum absolute atomic E-state index is 0.338. The Hall–Kier alpha value is -1.73. The zero-order valence-corrected chi connectivity index (χ0v) is 12.8. The summed E-state index contributed by atoms with van der Waals surface area (Å²) in [6.07, 6.45) is 0. The molecule has 20 heavy (non-hydrogen) atoms. The van der Waals surface area contributed by atoms with Crippen molar-refractivity contribution >= 4 is 39.3 Å². The number of rotatable bonds is 2. The van der Waals surface area contributed by atoms with Crippen molar-refractivity contribution in [1.82, 2.24) is 14.5 Å². The maximum Gasteiger partial charge on any atom is 0.215 e. The van der Waals surface area contributed by atoms with Crippen LogP contribution in [0, 0.1) is 10.6 Å². The Bertz CT molecular complexity index is 858. The van der Waals surface area contributed by atoms with Gasteiger partial charge in [-0.15, -0.1) is 0 Å². The molecular weight excluding hydrogens is 345 g/mol. The largest absolute Gasteiger partial charge is 0.481 e. The lowest BCUT2D eigenvalue weighted by Crippen LogP contribution is -1.99. The van der Waals surface area contributed by atoms with E-state index in [1.807, 2.05) is 0 Å². The molecule has 0 atom stereocenters. The predicted molar refractivity (Wildman–Crippen MR) is 80.5 cm³/mol. The van der Waals surface area contributed by atoms with Gasteiger partial charge in [-0.25, -0.2) is 4.39 Å². The van der Waals surface area contributed by atoms with Gasteiger partial charge in [-0.3, -0.25) is 4.57 Å². The zero-order chi connectivity index (χ0) is 14.3. The molecular formula is C13H9BrFN3OS. The number of pyridine rings is 1. The van der Waals surface area contributed by atoms with Gasteiger partial charge in [0, 0.05) is 10.5 Å². The smallest absolute Gasteiger partial charge is 0.215 e. The lowest BCUT2D eigenvalue weighted by molar-refractivity contribution is 0.399. The van der Waals surface area contributed by atoms with Crippen molar-refractivity contribution in [3.05, 3.63) is 45.4 Å². The molecule has 0 saturated heterocycles. The fourth-order valence-corrected chi connectivity index (χ4v) is 2.59. The molecule has 0 saturated carbocycles. The third kappa shape index (κ3) is 2.12. The minimum atomic E-state index is -0.388. The standard InChI is InChI=1S/C13H9BrFN3OS/c1-19-11-5-3-9-12(17-11)18(13(20)16-9)10-4-2-7(14)6-8(10)15/h2-6H,1H3,(H,16,20). The van der Waals surface area contributed by atoms with E-state index in [4.69, 9.17) is 17.0 Å². The summed E-state index contributed by atoms with van der Waals surface area (Å²) in [4.78, 5) is 7.32. The Morgan fingerprint density at radius 2 is 2.15 bits per heavy atom. The van der Waals surface area contributed by atoms with Crippen LogP contribution in [0.3, 0.4) is 0 Å². The van der Waals surface area contributed by atoms with Crippen LogP contribution in [-0.4, -0.2) is 21.6 Å². The van der Waals surface area contributed by atoms with Crippen molar-refractivity contribution in [3.8, 4) is 11.6 Å². The summed E-state index contributed by atoms with van der Waals surface area (Å²) >= 11 is 8.49. The molecule has 2 aromatic heterocycles. The maximum absolute atomic E-state index is 14.1. The van der Waals surface area contributed by atoms with E-state index >= 15 is 0 Å². The molecule has 0 aliphatic heterocycles. The fourth-order valence-electron chi connectivity index (χ4n) is 1.97. The predicted octanol–water partition coefficient (Wildman–Crippen LogP) is 3.99. The summed E-state index contributed by atoms with van der Waals surface area (Å²) in [5.74, 6) is 0.0544. The van der Waals surface area contributed by atoms with Crippen LogP contribution < -0.4 is 4.74 Å². The number of benzene rings is 1. The highest BCUT2D eigenvalue weighted by atomic mass is 79.9. The number of halogens is 2. The molecule has 0 aliphatic carbocycles. The van der Waals surface area contributed by atoms with Gasteiger partial charge in [0.05, 0.1) is 18.3 Å². The maximum atomic E-state index is 14.1. The van der Waals surface area contributed by atoms with E-state index in [9.17, 15) is 4.39 Å². The minimum Gasteiger partial charge on any atom is -0.481 e.